The van der Waals surface area contributed by atoms with Crippen molar-refractivity contribution in [1.29, 1.82) is 0 Å². The number of aromatic hydroxyl groups is 1. The van der Waals surface area contributed by atoms with Gasteiger partial charge in [0.25, 0.3) is 0 Å². The predicted molar refractivity (Wildman–Crippen MR) is 84.1 cm³/mol. The summed E-state index contributed by atoms with van der Waals surface area (Å²) in [5, 5.41) is 9.79. The third-order valence-corrected chi connectivity index (χ3v) is 4.39. The molecule has 2 aromatic carbocycles. The minimum absolute atomic E-state index is 0. The van der Waals surface area contributed by atoms with Crippen LogP contribution >= 0.6 is 0 Å². The van der Waals surface area contributed by atoms with Gasteiger partial charge in [0.2, 0.25) is 0 Å². The number of hydrogen-bond acceptors (Lipinski definition) is 7. The molecule has 3 aromatic rings. The van der Waals surface area contributed by atoms with Crippen LogP contribution in [0.5, 0.6) is 11.5 Å². The van der Waals surface area contributed by atoms with E-state index in [1.807, 2.05) is 0 Å². The van der Waals surface area contributed by atoms with E-state index in [-0.39, 0.29) is 46.1 Å². The van der Waals surface area contributed by atoms with Crippen LogP contribution in [-0.4, -0.2) is 25.2 Å². The molecule has 0 radical (unpaired) electrons. The summed E-state index contributed by atoms with van der Waals surface area (Å²) in [6.45, 7) is 0. The van der Waals surface area contributed by atoms with Crippen molar-refractivity contribution in [2.24, 2.45) is 0 Å². The second-order valence-electron chi connectivity index (χ2n) is 4.98. The molecular weight excluding hydrogens is 359 g/mol. The summed E-state index contributed by atoms with van der Waals surface area (Å²) in [5.41, 5.74) is 0.114. The number of hydrogen-bond donors (Lipinski definition) is 1. The monoisotopic (exact) mass is 370 g/mol. The van der Waals surface area contributed by atoms with Crippen LogP contribution < -0.4 is 39.7 Å². The van der Waals surface area contributed by atoms with Crippen molar-refractivity contribution in [3.63, 3.8) is 0 Å². The van der Waals surface area contributed by atoms with Crippen molar-refractivity contribution in [1.82, 2.24) is 0 Å². The van der Waals surface area contributed by atoms with Crippen LogP contribution in [0.25, 0.3) is 22.1 Å². The number of methoxy groups -OCH3 is 1. The Balaban J connectivity index is 0.00000225. The minimum atomic E-state index is -4.88. The van der Waals surface area contributed by atoms with Gasteiger partial charge in [0.05, 0.1) is 23.0 Å². The zero-order valence-corrected chi connectivity index (χ0v) is 16.2. The Morgan fingerprint density at radius 3 is 2.52 bits per heavy atom. The molecule has 9 heteroatoms. The van der Waals surface area contributed by atoms with E-state index in [4.69, 9.17) is 9.15 Å². The molecule has 3 rings (SSSR count). The van der Waals surface area contributed by atoms with Crippen LogP contribution in [0.2, 0.25) is 0 Å². The average Bonchev–Trinajstić information content (AvgIpc) is 2.54. The number of ether oxygens (including phenoxy) is 1. The molecule has 0 bridgehead atoms. The molecule has 25 heavy (non-hydrogen) atoms. The van der Waals surface area contributed by atoms with Crippen LogP contribution in [0.3, 0.4) is 0 Å². The van der Waals surface area contributed by atoms with Gasteiger partial charge in [-0.2, -0.15) is 0 Å². The summed E-state index contributed by atoms with van der Waals surface area (Å²) in [4.78, 5) is 11.8. The maximum absolute atomic E-state index is 12.6. The Morgan fingerprint density at radius 1 is 1.16 bits per heavy atom. The van der Waals surface area contributed by atoms with Gasteiger partial charge < -0.3 is 18.8 Å². The summed E-state index contributed by atoms with van der Waals surface area (Å²) in [5.74, 6) is -0.161. The number of phenols is 1. The normalized spacial score (nSPS) is 11.1. The van der Waals surface area contributed by atoms with Gasteiger partial charge in [0.15, 0.2) is 5.43 Å². The fraction of sp³-hybridized carbons (Fsp3) is 0.0625. The molecule has 0 aliphatic carbocycles. The molecule has 0 aliphatic heterocycles. The van der Waals surface area contributed by atoms with Gasteiger partial charge in [-0.15, -0.1) is 0 Å². The molecule has 1 heterocycles. The molecule has 0 aliphatic rings. The van der Waals surface area contributed by atoms with Gasteiger partial charge in [-0.25, -0.2) is 8.42 Å². The average molecular weight is 370 g/mol. The van der Waals surface area contributed by atoms with Crippen molar-refractivity contribution in [2.75, 3.05) is 7.11 Å². The summed E-state index contributed by atoms with van der Waals surface area (Å²) in [7, 11) is -3.40. The molecular formula is C16H11NaO7S. The zero-order valence-electron chi connectivity index (χ0n) is 13.3. The van der Waals surface area contributed by atoms with Gasteiger partial charge in [-0.3, -0.25) is 4.79 Å². The van der Waals surface area contributed by atoms with Crippen LogP contribution in [0.4, 0.5) is 0 Å². The van der Waals surface area contributed by atoms with Crippen molar-refractivity contribution in [2.45, 2.75) is 4.90 Å². The van der Waals surface area contributed by atoms with Gasteiger partial charge in [0, 0.05) is 6.07 Å². The van der Waals surface area contributed by atoms with Gasteiger partial charge in [0.1, 0.15) is 33.5 Å². The first-order valence-corrected chi connectivity index (χ1v) is 8.11. The molecule has 7 nitrogen and oxygen atoms in total. The number of phenolic OH excluding ortho intramolecular Hbond substituents is 1. The number of benzene rings is 2. The van der Waals surface area contributed by atoms with E-state index in [1.54, 1.807) is 12.1 Å². The van der Waals surface area contributed by atoms with E-state index in [0.29, 0.717) is 11.3 Å². The van der Waals surface area contributed by atoms with E-state index in [2.05, 4.69) is 0 Å². The van der Waals surface area contributed by atoms with Crippen LogP contribution in [0.1, 0.15) is 0 Å². The van der Waals surface area contributed by atoms with Gasteiger partial charge in [-0.1, -0.05) is 6.07 Å². The standard InChI is InChI=1S/C16H12O7S.Na/c1-22-10-3-4-11-14(7-10)23-8-12(16(11)18)9-2-5-13(17)15(6-9)24(19,20)21;/h2-8,17H,1H3,(H,19,20,21);/q;+1/p-1. The summed E-state index contributed by atoms with van der Waals surface area (Å²) < 4.78 is 44.0. The van der Waals surface area contributed by atoms with E-state index < -0.39 is 26.2 Å². The minimum Gasteiger partial charge on any atom is -0.744 e. The van der Waals surface area contributed by atoms with Crippen LogP contribution in [0.15, 0.2) is 56.8 Å². The Hall–Kier alpha value is -1.84. The number of rotatable bonds is 3. The third kappa shape index (κ3) is 3.73. The van der Waals surface area contributed by atoms with Gasteiger partial charge in [-0.05, 0) is 29.8 Å². The topological polar surface area (TPSA) is 117 Å². The second kappa shape index (κ2) is 7.19. The fourth-order valence-electron chi connectivity index (χ4n) is 2.32. The summed E-state index contributed by atoms with van der Waals surface area (Å²) >= 11 is 0. The Labute approximate surface area is 164 Å². The Kier molecular flexibility index (Phi) is 5.60. The smallest absolute Gasteiger partial charge is 0.744 e. The molecule has 0 saturated heterocycles. The van der Waals surface area contributed by atoms with E-state index >= 15 is 0 Å². The fourth-order valence-corrected chi connectivity index (χ4v) is 2.91. The van der Waals surface area contributed by atoms with Crippen molar-refractivity contribution >= 4 is 21.1 Å². The van der Waals surface area contributed by atoms with Crippen molar-refractivity contribution in [3.05, 3.63) is 52.9 Å². The van der Waals surface area contributed by atoms with Crippen LogP contribution in [0, 0.1) is 0 Å². The first-order valence-electron chi connectivity index (χ1n) is 6.70. The second-order valence-corrected chi connectivity index (χ2v) is 6.33. The SMILES string of the molecule is COc1ccc2c(=O)c(-c3ccc(O)c(S(=O)(=O)[O-])c3)coc2c1.[Na+]. The maximum atomic E-state index is 12.6. The third-order valence-electron chi connectivity index (χ3n) is 3.52. The molecule has 0 amide bonds. The van der Waals surface area contributed by atoms with E-state index in [1.165, 1.54) is 19.2 Å². The Bertz CT molecular complexity index is 1100. The largest absolute Gasteiger partial charge is 1.00 e. The summed E-state index contributed by atoms with van der Waals surface area (Å²) in [6, 6.07) is 7.97. The first-order chi connectivity index (χ1) is 11.3. The zero-order chi connectivity index (χ0) is 17.5. The van der Waals surface area contributed by atoms with Crippen LogP contribution in [-0.2, 0) is 10.1 Å². The Morgan fingerprint density at radius 2 is 1.88 bits per heavy atom. The van der Waals surface area contributed by atoms with E-state index in [0.717, 1.165) is 18.4 Å². The molecule has 1 N–H and O–H groups in total. The molecule has 1 aromatic heterocycles. The molecule has 0 saturated carbocycles. The quantitative estimate of drug-likeness (QED) is 0.468. The van der Waals surface area contributed by atoms with Crippen molar-refractivity contribution in [3.8, 4) is 22.6 Å². The predicted octanol–water partition coefficient (Wildman–Crippen LogP) is -0.918. The van der Waals surface area contributed by atoms with Crippen molar-refractivity contribution < 1.29 is 56.8 Å². The first kappa shape index (κ1) is 19.5. The maximum Gasteiger partial charge on any atom is 1.00 e. The number of fused-ring (bicyclic) bond motifs is 1. The molecule has 124 valence electrons. The van der Waals surface area contributed by atoms with E-state index in [9.17, 15) is 22.9 Å². The molecule has 0 unspecified atom stereocenters. The summed E-state index contributed by atoms with van der Waals surface area (Å²) in [6.07, 6.45) is 1.16. The molecule has 0 atom stereocenters. The van der Waals surface area contributed by atoms with Gasteiger partial charge >= 0.3 is 29.6 Å². The molecule has 0 spiro atoms. The molecule has 0 fully saturated rings.